The molecule has 1 heterocycles. The van der Waals surface area contributed by atoms with Crippen LogP contribution in [0.1, 0.15) is 23.2 Å². The molecule has 5 heteroatoms. The Labute approximate surface area is 117 Å². The number of carboxylic acid groups (broad SMARTS) is 1. The number of carbonyl (C=O) groups is 1. The number of carboxylic acids is 1. The molecule has 1 aromatic carbocycles. The van der Waals surface area contributed by atoms with Crippen LogP contribution in [0.2, 0.25) is 5.02 Å². The first-order valence-corrected chi connectivity index (χ1v) is 6.77. The minimum Gasteiger partial charge on any atom is -0.478 e. The second-order valence-corrected chi connectivity index (χ2v) is 5.23. The van der Waals surface area contributed by atoms with Gasteiger partial charge in [-0.2, -0.15) is 0 Å². The molecule has 0 radical (unpaired) electrons. The zero-order valence-corrected chi connectivity index (χ0v) is 11.7. The number of rotatable bonds is 4. The van der Waals surface area contributed by atoms with E-state index in [2.05, 4.69) is 4.90 Å². The third kappa shape index (κ3) is 3.19. The molecular weight excluding hydrogens is 266 g/mol. The summed E-state index contributed by atoms with van der Waals surface area (Å²) >= 11 is 5.99. The van der Waals surface area contributed by atoms with Crippen molar-refractivity contribution in [1.29, 1.82) is 0 Å². The summed E-state index contributed by atoms with van der Waals surface area (Å²) in [5.74, 6) is -0.409. The van der Waals surface area contributed by atoms with Gasteiger partial charge in [0.25, 0.3) is 0 Å². The highest BCUT2D eigenvalue weighted by Gasteiger charge is 2.24. The number of hydrogen-bond acceptors (Lipinski definition) is 3. The highest BCUT2D eigenvalue weighted by molar-refractivity contribution is 6.34. The van der Waals surface area contributed by atoms with Crippen LogP contribution >= 0.6 is 11.6 Å². The van der Waals surface area contributed by atoms with Gasteiger partial charge in [0.15, 0.2) is 0 Å². The molecule has 0 bridgehead atoms. The highest BCUT2D eigenvalue weighted by atomic mass is 35.5. The third-order valence-corrected chi connectivity index (χ3v) is 3.88. The maximum Gasteiger partial charge on any atom is 0.339 e. The molecule has 1 aromatic rings. The standard InChI is InChI=1S/C14H18ClNO3/c1-19-9-10-5-7-16(8-6-10)12-4-2-3-11(15)13(12)14(17)18/h2-4,10H,5-9H2,1H3,(H,17,18). The highest BCUT2D eigenvalue weighted by Crippen LogP contribution is 2.30. The van der Waals surface area contributed by atoms with Crippen molar-refractivity contribution >= 4 is 23.3 Å². The molecule has 1 saturated heterocycles. The van der Waals surface area contributed by atoms with Crippen molar-refractivity contribution in [3.05, 3.63) is 28.8 Å². The number of hydrogen-bond donors (Lipinski definition) is 1. The predicted octanol–water partition coefficient (Wildman–Crippen LogP) is 2.90. The van der Waals surface area contributed by atoms with E-state index < -0.39 is 5.97 Å². The molecule has 0 spiro atoms. The molecule has 4 nitrogen and oxygen atoms in total. The summed E-state index contributed by atoms with van der Waals surface area (Å²) in [5, 5.41) is 9.58. The van der Waals surface area contributed by atoms with Gasteiger partial charge in [-0.1, -0.05) is 17.7 Å². The lowest BCUT2D eigenvalue weighted by Gasteiger charge is -2.34. The Balaban J connectivity index is 2.15. The van der Waals surface area contributed by atoms with Crippen molar-refractivity contribution in [3.8, 4) is 0 Å². The van der Waals surface area contributed by atoms with Crippen LogP contribution in [0.15, 0.2) is 18.2 Å². The van der Waals surface area contributed by atoms with Gasteiger partial charge in [-0.25, -0.2) is 4.79 Å². The number of benzene rings is 1. The number of methoxy groups -OCH3 is 1. The number of piperidine rings is 1. The maximum atomic E-state index is 11.3. The van der Waals surface area contributed by atoms with Crippen LogP contribution in [0.5, 0.6) is 0 Å². The summed E-state index contributed by atoms with van der Waals surface area (Å²) in [7, 11) is 1.71. The lowest BCUT2D eigenvalue weighted by Crippen LogP contribution is -2.35. The van der Waals surface area contributed by atoms with Crippen LogP contribution < -0.4 is 4.90 Å². The van der Waals surface area contributed by atoms with Gasteiger partial charge in [0.05, 0.1) is 10.7 Å². The molecule has 1 N–H and O–H groups in total. The second-order valence-electron chi connectivity index (χ2n) is 4.82. The van der Waals surface area contributed by atoms with E-state index in [-0.39, 0.29) is 5.56 Å². The van der Waals surface area contributed by atoms with Crippen molar-refractivity contribution in [2.45, 2.75) is 12.8 Å². The average molecular weight is 284 g/mol. The molecule has 104 valence electrons. The fraction of sp³-hybridized carbons (Fsp3) is 0.500. The normalized spacial score (nSPS) is 16.6. The molecule has 0 aliphatic carbocycles. The lowest BCUT2D eigenvalue weighted by atomic mass is 9.97. The molecule has 1 aliphatic rings. The van der Waals surface area contributed by atoms with E-state index in [1.165, 1.54) is 0 Å². The maximum absolute atomic E-state index is 11.3. The minimum absolute atomic E-state index is 0.203. The molecule has 0 aromatic heterocycles. The van der Waals surface area contributed by atoms with E-state index in [4.69, 9.17) is 16.3 Å². The first-order valence-electron chi connectivity index (χ1n) is 6.39. The summed E-state index contributed by atoms with van der Waals surface area (Å²) in [6, 6.07) is 5.24. The Morgan fingerprint density at radius 1 is 1.47 bits per heavy atom. The van der Waals surface area contributed by atoms with E-state index in [9.17, 15) is 9.90 Å². The van der Waals surface area contributed by atoms with Gasteiger partial charge in [0, 0.05) is 26.8 Å². The Morgan fingerprint density at radius 3 is 2.74 bits per heavy atom. The monoisotopic (exact) mass is 283 g/mol. The molecule has 0 amide bonds. The van der Waals surface area contributed by atoms with E-state index in [1.807, 2.05) is 6.07 Å². The molecule has 0 unspecified atom stereocenters. The van der Waals surface area contributed by atoms with Crippen LogP contribution in [-0.4, -0.2) is 37.9 Å². The molecule has 0 saturated carbocycles. The number of ether oxygens (including phenoxy) is 1. The van der Waals surface area contributed by atoms with Crippen LogP contribution in [-0.2, 0) is 4.74 Å². The average Bonchev–Trinajstić information content (AvgIpc) is 2.39. The predicted molar refractivity (Wildman–Crippen MR) is 75.2 cm³/mol. The Kier molecular flexibility index (Phi) is 4.66. The molecular formula is C14H18ClNO3. The van der Waals surface area contributed by atoms with E-state index in [0.29, 0.717) is 10.9 Å². The minimum atomic E-state index is -0.973. The fourth-order valence-electron chi connectivity index (χ4n) is 2.56. The van der Waals surface area contributed by atoms with Crippen molar-refractivity contribution < 1.29 is 14.6 Å². The van der Waals surface area contributed by atoms with Gasteiger partial charge >= 0.3 is 5.97 Å². The van der Waals surface area contributed by atoms with Gasteiger partial charge in [0.1, 0.15) is 5.56 Å². The number of nitrogens with zero attached hydrogens (tertiary/aromatic N) is 1. The summed E-state index contributed by atoms with van der Waals surface area (Å²) in [6.07, 6.45) is 2.03. The lowest BCUT2D eigenvalue weighted by molar-refractivity contribution is 0.0697. The fourth-order valence-corrected chi connectivity index (χ4v) is 2.81. The van der Waals surface area contributed by atoms with E-state index >= 15 is 0 Å². The van der Waals surface area contributed by atoms with Crippen molar-refractivity contribution in [2.24, 2.45) is 5.92 Å². The van der Waals surface area contributed by atoms with E-state index in [0.717, 1.165) is 38.2 Å². The van der Waals surface area contributed by atoms with Crippen LogP contribution in [0.25, 0.3) is 0 Å². The van der Waals surface area contributed by atoms with Gasteiger partial charge in [0.2, 0.25) is 0 Å². The summed E-state index contributed by atoms with van der Waals surface area (Å²) in [6.45, 7) is 2.46. The first-order chi connectivity index (χ1) is 9.13. The zero-order valence-electron chi connectivity index (χ0n) is 10.9. The molecule has 1 fully saturated rings. The van der Waals surface area contributed by atoms with Gasteiger partial charge < -0.3 is 14.7 Å². The van der Waals surface area contributed by atoms with Gasteiger partial charge in [-0.15, -0.1) is 0 Å². The summed E-state index contributed by atoms with van der Waals surface area (Å²) in [4.78, 5) is 13.4. The molecule has 0 atom stereocenters. The molecule has 1 aliphatic heterocycles. The van der Waals surface area contributed by atoms with Crippen LogP contribution in [0, 0.1) is 5.92 Å². The van der Waals surface area contributed by atoms with Crippen molar-refractivity contribution in [3.63, 3.8) is 0 Å². The summed E-state index contributed by atoms with van der Waals surface area (Å²) < 4.78 is 5.17. The first kappa shape index (κ1) is 14.2. The van der Waals surface area contributed by atoms with Crippen LogP contribution in [0.3, 0.4) is 0 Å². The third-order valence-electron chi connectivity index (χ3n) is 3.56. The second kappa shape index (κ2) is 6.26. The topological polar surface area (TPSA) is 49.8 Å². The Hall–Kier alpha value is -1.26. The smallest absolute Gasteiger partial charge is 0.339 e. The van der Waals surface area contributed by atoms with Gasteiger partial charge in [-0.3, -0.25) is 0 Å². The van der Waals surface area contributed by atoms with Crippen molar-refractivity contribution in [1.82, 2.24) is 0 Å². The zero-order chi connectivity index (χ0) is 13.8. The Morgan fingerprint density at radius 2 is 2.16 bits per heavy atom. The van der Waals surface area contributed by atoms with E-state index in [1.54, 1.807) is 19.2 Å². The molecule has 19 heavy (non-hydrogen) atoms. The number of halogens is 1. The van der Waals surface area contributed by atoms with Crippen LogP contribution in [0.4, 0.5) is 5.69 Å². The summed E-state index contributed by atoms with van der Waals surface area (Å²) in [5.41, 5.74) is 0.922. The Bertz CT molecular complexity index is 456. The van der Waals surface area contributed by atoms with Gasteiger partial charge in [-0.05, 0) is 30.9 Å². The molecule has 2 rings (SSSR count). The number of aromatic carboxylic acids is 1. The SMILES string of the molecule is COCC1CCN(c2cccc(Cl)c2C(=O)O)CC1. The van der Waals surface area contributed by atoms with Crippen molar-refractivity contribution in [2.75, 3.05) is 31.7 Å². The quantitative estimate of drug-likeness (QED) is 0.923. The largest absolute Gasteiger partial charge is 0.478 e. The number of anilines is 1.